The van der Waals surface area contributed by atoms with Crippen LogP contribution in [0.4, 0.5) is 5.69 Å². The van der Waals surface area contributed by atoms with E-state index in [0.717, 1.165) is 39.3 Å². The quantitative estimate of drug-likeness (QED) is 0.350. The zero-order valence-corrected chi connectivity index (χ0v) is 14.8. The molecule has 1 heterocycles. The summed E-state index contributed by atoms with van der Waals surface area (Å²) in [5.74, 6) is 0. The van der Waals surface area contributed by atoms with Crippen molar-refractivity contribution in [1.29, 1.82) is 0 Å². The lowest BCUT2D eigenvalue weighted by Crippen LogP contribution is -2.06. The van der Waals surface area contributed by atoms with E-state index in [4.69, 9.17) is 5.73 Å². The van der Waals surface area contributed by atoms with Gasteiger partial charge in [0, 0.05) is 42.2 Å². The Morgan fingerprint density at radius 3 is 2.82 bits per heavy atom. The third-order valence-electron chi connectivity index (χ3n) is 3.21. The molecule has 1 aromatic heterocycles. The van der Waals surface area contributed by atoms with Gasteiger partial charge in [-0.15, -0.1) is 0 Å². The molecule has 5 heteroatoms. The van der Waals surface area contributed by atoms with Gasteiger partial charge >= 0.3 is 0 Å². The van der Waals surface area contributed by atoms with Gasteiger partial charge in [0.2, 0.25) is 0 Å². The predicted octanol–water partition coefficient (Wildman–Crippen LogP) is 5.02. The molecular weight excluding hydrogens is 310 g/mol. The fourth-order valence-corrected chi connectivity index (χ4v) is 3.51. The van der Waals surface area contributed by atoms with Crippen LogP contribution in [0.25, 0.3) is 16.7 Å². The van der Waals surface area contributed by atoms with Crippen LogP contribution in [-0.4, -0.2) is 25.3 Å². The number of nitrogens with zero attached hydrogens (tertiary/aromatic N) is 2. The second-order valence-corrected chi connectivity index (χ2v) is 6.80. The smallest absolute Gasteiger partial charge is 0.0988 e. The minimum atomic E-state index is 0.771. The zero-order chi connectivity index (χ0) is 16.1. The van der Waals surface area contributed by atoms with Crippen LogP contribution in [0.2, 0.25) is 0 Å². The van der Waals surface area contributed by atoms with Crippen molar-refractivity contribution >= 4 is 40.9 Å². The topological polar surface area (TPSA) is 41.6 Å². The first-order valence-corrected chi connectivity index (χ1v) is 8.75. The largest absolute Gasteiger partial charge is 0.398 e. The maximum Gasteiger partial charge on any atom is 0.0988 e. The molecule has 1 aromatic carbocycles. The number of nitrogen functional groups attached to an aromatic ring is 1. The number of anilines is 1. The monoisotopic (exact) mass is 331 g/mol. The highest BCUT2D eigenvalue weighted by Crippen LogP contribution is 2.39. The fourth-order valence-electron chi connectivity index (χ4n) is 2.01. The highest BCUT2D eigenvalue weighted by Gasteiger charge is 2.13. The van der Waals surface area contributed by atoms with Gasteiger partial charge < -0.3 is 10.6 Å². The van der Waals surface area contributed by atoms with Gasteiger partial charge in [0.25, 0.3) is 0 Å². The van der Waals surface area contributed by atoms with Crippen LogP contribution in [0.1, 0.15) is 18.9 Å². The van der Waals surface area contributed by atoms with E-state index in [2.05, 4.69) is 40.8 Å². The Hall–Kier alpha value is -1.72. The summed E-state index contributed by atoms with van der Waals surface area (Å²) in [5, 5.41) is 4.17. The van der Waals surface area contributed by atoms with E-state index in [1.165, 1.54) is 11.9 Å². The van der Waals surface area contributed by atoms with Crippen molar-refractivity contribution in [1.82, 2.24) is 4.90 Å². The second-order valence-electron chi connectivity index (χ2n) is 5.18. The standard InChI is InChI=1S/C17H21N3S2/c1-5-12(2)14-8-15(18)17(13-6-7-21-10-13)16(9-14)22-19-11-20(3)4/h6-11H,2,5,18H2,1,3-4H3/b19-11+. The highest BCUT2D eigenvalue weighted by atomic mass is 32.2. The number of nitrogens with two attached hydrogens (primary N) is 1. The first-order valence-electron chi connectivity index (χ1n) is 7.04. The van der Waals surface area contributed by atoms with Crippen molar-refractivity contribution in [2.45, 2.75) is 18.2 Å². The van der Waals surface area contributed by atoms with Gasteiger partial charge in [-0.05, 0) is 52.1 Å². The molecule has 0 bridgehead atoms. The summed E-state index contributed by atoms with van der Waals surface area (Å²) in [5.41, 5.74) is 11.5. The molecule has 0 spiro atoms. The molecule has 2 N–H and O–H groups in total. The summed E-state index contributed by atoms with van der Waals surface area (Å²) in [6.07, 6.45) is 2.70. The van der Waals surface area contributed by atoms with E-state index in [9.17, 15) is 0 Å². The molecule has 116 valence electrons. The molecule has 2 rings (SSSR count). The van der Waals surface area contributed by atoms with E-state index in [1.54, 1.807) is 17.7 Å². The van der Waals surface area contributed by atoms with Crippen molar-refractivity contribution in [3.63, 3.8) is 0 Å². The Morgan fingerprint density at radius 1 is 1.45 bits per heavy atom. The van der Waals surface area contributed by atoms with Gasteiger partial charge in [-0.3, -0.25) is 0 Å². The molecule has 0 aliphatic heterocycles. The average Bonchev–Trinajstić information content (AvgIpc) is 2.99. The molecule has 0 amide bonds. The SMILES string of the molecule is C=C(CC)c1cc(N)c(-c2ccsc2)c(S/N=C/N(C)C)c1. The van der Waals surface area contributed by atoms with Gasteiger partial charge in [0.15, 0.2) is 0 Å². The van der Waals surface area contributed by atoms with Crippen molar-refractivity contribution in [3.8, 4) is 11.1 Å². The lowest BCUT2D eigenvalue weighted by molar-refractivity contribution is 0.645. The first-order chi connectivity index (χ1) is 10.5. The average molecular weight is 332 g/mol. The summed E-state index contributed by atoms with van der Waals surface area (Å²) in [7, 11) is 3.90. The molecule has 0 fully saturated rings. The van der Waals surface area contributed by atoms with Crippen LogP contribution in [0.15, 0.2) is 44.8 Å². The van der Waals surface area contributed by atoms with Gasteiger partial charge in [-0.2, -0.15) is 11.3 Å². The lowest BCUT2D eigenvalue weighted by Gasteiger charge is -2.13. The highest BCUT2D eigenvalue weighted by molar-refractivity contribution is 7.98. The molecule has 2 aromatic rings. The van der Waals surface area contributed by atoms with Crippen molar-refractivity contribution in [2.75, 3.05) is 19.8 Å². The molecule has 0 atom stereocenters. The normalized spacial score (nSPS) is 11.0. The molecule has 0 saturated carbocycles. The number of thiophene rings is 1. The number of rotatable bonds is 6. The number of hydrogen-bond donors (Lipinski definition) is 1. The van der Waals surface area contributed by atoms with Crippen LogP contribution in [-0.2, 0) is 0 Å². The maximum absolute atomic E-state index is 6.33. The minimum Gasteiger partial charge on any atom is -0.398 e. The zero-order valence-electron chi connectivity index (χ0n) is 13.2. The van der Waals surface area contributed by atoms with Crippen LogP contribution in [0.5, 0.6) is 0 Å². The third kappa shape index (κ3) is 3.93. The predicted molar refractivity (Wildman–Crippen MR) is 102 cm³/mol. The summed E-state index contributed by atoms with van der Waals surface area (Å²) >= 11 is 3.11. The van der Waals surface area contributed by atoms with Gasteiger partial charge in [0.05, 0.1) is 6.34 Å². The Balaban J connectivity index is 2.49. The van der Waals surface area contributed by atoms with Crippen LogP contribution < -0.4 is 5.73 Å². The molecule has 0 aliphatic carbocycles. The molecule has 0 aliphatic rings. The van der Waals surface area contributed by atoms with Crippen LogP contribution >= 0.6 is 23.3 Å². The number of benzene rings is 1. The third-order valence-corrected chi connectivity index (χ3v) is 4.61. The Bertz CT molecular complexity index is 673. The van der Waals surface area contributed by atoms with Gasteiger partial charge in [0.1, 0.15) is 0 Å². The van der Waals surface area contributed by atoms with E-state index in [0.29, 0.717) is 0 Å². The summed E-state index contributed by atoms with van der Waals surface area (Å²) in [6, 6.07) is 6.23. The summed E-state index contributed by atoms with van der Waals surface area (Å²) < 4.78 is 4.41. The van der Waals surface area contributed by atoms with E-state index in [1.807, 2.05) is 25.1 Å². The Labute approximate surface area is 140 Å². The van der Waals surface area contributed by atoms with Crippen LogP contribution in [0.3, 0.4) is 0 Å². The Kier molecular flexibility index (Phi) is 5.69. The van der Waals surface area contributed by atoms with Gasteiger partial charge in [-0.25, -0.2) is 4.40 Å². The molecular formula is C17H21N3S2. The fraction of sp³-hybridized carbons (Fsp3) is 0.235. The maximum atomic E-state index is 6.33. The van der Waals surface area contributed by atoms with Crippen molar-refractivity contribution in [2.24, 2.45) is 4.40 Å². The second kappa shape index (κ2) is 7.51. The van der Waals surface area contributed by atoms with Crippen molar-refractivity contribution < 1.29 is 0 Å². The van der Waals surface area contributed by atoms with E-state index < -0.39 is 0 Å². The van der Waals surface area contributed by atoms with Crippen molar-refractivity contribution in [3.05, 3.63) is 41.1 Å². The Morgan fingerprint density at radius 2 is 2.23 bits per heavy atom. The number of hydrogen-bond acceptors (Lipinski definition) is 4. The van der Waals surface area contributed by atoms with Gasteiger partial charge in [-0.1, -0.05) is 13.5 Å². The van der Waals surface area contributed by atoms with Crippen LogP contribution in [0, 0.1) is 0 Å². The molecule has 0 radical (unpaired) electrons. The molecule has 3 nitrogen and oxygen atoms in total. The van der Waals surface area contributed by atoms with E-state index >= 15 is 0 Å². The summed E-state index contributed by atoms with van der Waals surface area (Å²) in [4.78, 5) is 2.97. The molecule has 0 unspecified atom stereocenters. The molecule has 22 heavy (non-hydrogen) atoms. The first kappa shape index (κ1) is 16.6. The minimum absolute atomic E-state index is 0.771. The lowest BCUT2D eigenvalue weighted by atomic mass is 9.99. The summed E-state index contributed by atoms with van der Waals surface area (Å²) in [6.45, 7) is 6.22. The molecule has 0 saturated heterocycles. The number of allylic oxidation sites excluding steroid dienone is 1. The van der Waals surface area contributed by atoms with E-state index in [-0.39, 0.29) is 0 Å².